The van der Waals surface area contributed by atoms with Gasteiger partial charge in [0, 0.05) is 11.6 Å². The molecule has 0 heterocycles. The van der Waals surface area contributed by atoms with E-state index in [1.807, 2.05) is 12.1 Å². The van der Waals surface area contributed by atoms with E-state index < -0.39 is 0 Å². The number of hydrogen-bond donors (Lipinski definition) is 1. The van der Waals surface area contributed by atoms with Crippen LogP contribution in [0.15, 0.2) is 18.2 Å². The van der Waals surface area contributed by atoms with Crippen molar-refractivity contribution in [2.75, 3.05) is 13.7 Å². The third-order valence-electron chi connectivity index (χ3n) is 2.55. The zero-order valence-corrected chi connectivity index (χ0v) is 10.3. The highest BCUT2D eigenvalue weighted by Gasteiger charge is 2.04. The second kappa shape index (κ2) is 6.51. The van der Waals surface area contributed by atoms with Crippen LogP contribution in [0.2, 0.25) is 0 Å². The molecule has 3 nitrogen and oxygen atoms in total. The van der Waals surface area contributed by atoms with Crippen molar-refractivity contribution >= 4 is 0 Å². The Bertz CT molecular complexity index is 326. The molecule has 1 atom stereocenters. The molecule has 2 N–H and O–H groups in total. The van der Waals surface area contributed by atoms with Crippen LogP contribution in [-0.2, 0) is 11.3 Å². The van der Waals surface area contributed by atoms with E-state index in [4.69, 9.17) is 15.2 Å². The van der Waals surface area contributed by atoms with E-state index in [-0.39, 0.29) is 6.04 Å². The molecule has 0 saturated carbocycles. The number of nitrogens with two attached hydrogens (primary N) is 1. The Labute approximate surface area is 97.6 Å². The zero-order chi connectivity index (χ0) is 12.0. The van der Waals surface area contributed by atoms with Gasteiger partial charge in [-0.25, -0.2) is 0 Å². The average molecular weight is 223 g/mol. The molecule has 0 aromatic heterocycles. The van der Waals surface area contributed by atoms with E-state index in [0.29, 0.717) is 13.2 Å². The normalized spacial score (nSPS) is 12.5. The van der Waals surface area contributed by atoms with Crippen LogP contribution in [0.1, 0.15) is 24.5 Å². The topological polar surface area (TPSA) is 44.5 Å². The number of hydrogen-bond acceptors (Lipinski definition) is 3. The van der Waals surface area contributed by atoms with Gasteiger partial charge in [0.05, 0.1) is 20.3 Å². The summed E-state index contributed by atoms with van der Waals surface area (Å²) in [6.07, 6.45) is 0.935. The van der Waals surface area contributed by atoms with Crippen molar-refractivity contribution in [2.24, 2.45) is 5.73 Å². The van der Waals surface area contributed by atoms with Gasteiger partial charge in [-0.1, -0.05) is 24.6 Å². The summed E-state index contributed by atoms with van der Waals surface area (Å²) in [5.41, 5.74) is 8.06. The molecular formula is C13H21NO2. The molecule has 0 aliphatic rings. The molecule has 0 bridgehead atoms. The first-order valence-electron chi connectivity index (χ1n) is 5.64. The summed E-state index contributed by atoms with van der Waals surface area (Å²) >= 11 is 0. The second-order valence-electron chi connectivity index (χ2n) is 4.00. The first-order chi connectivity index (χ1) is 7.67. The van der Waals surface area contributed by atoms with Crippen molar-refractivity contribution in [1.82, 2.24) is 0 Å². The molecule has 0 fully saturated rings. The molecule has 0 spiro atoms. The van der Waals surface area contributed by atoms with Gasteiger partial charge in [-0.3, -0.25) is 0 Å². The monoisotopic (exact) mass is 223 g/mol. The molecular weight excluding hydrogens is 202 g/mol. The molecule has 0 aliphatic heterocycles. The second-order valence-corrected chi connectivity index (χ2v) is 4.00. The van der Waals surface area contributed by atoms with Gasteiger partial charge in [-0.15, -0.1) is 0 Å². The maximum absolute atomic E-state index is 5.78. The fraction of sp³-hybridized carbons (Fsp3) is 0.538. The quantitative estimate of drug-likeness (QED) is 0.804. The molecule has 1 unspecified atom stereocenters. The molecule has 0 radical (unpaired) electrons. The van der Waals surface area contributed by atoms with Gasteiger partial charge in [0.1, 0.15) is 5.75 Å². The zero-order valence-electron chi connectivity index (χ0n) is 10.3. The highest BCUT2D eigenvalue weighted by molar-refractivity contribution is 5.36. The summed E-state index contributed by atoms with van der Waals surface area (Å²) in [4.78, 5) is 0. The van der Waals surface area contributed by atoms with Crippen LogP contribution in [0.5, 0.6) is 5.75 Å². The summed E-state index contributed by atoms with van der Waals surface area (Å²) in [5.74, 6) is 0.871. The Kier molecular flexibility index (Phi) is 5.29. The summed E-state index contributed by atoms with van der Waals surface area (Å²) in [5, 5.41) is 0. The maximum atomic E-state index is 5.78. The Morgan fingerprint density at radius 1 is 1.38 bits per heavy atom. The molecule has 0 aliphatic carbocycles. The van der Waals surface area contributed by atoms with E-state index in [2.05, 4.69) is 19.9 Å². The predicted molar refractivity (Wildman–Crippen MR) is 65.7 cm³/mol. The molecule has 1 aromatic rings. The minimum atomic E-state index is 0.121. The number of aryl methyl sites for hydroxylation is 1. The fourth-order valence-electron chi connectivity index (χ4n) is 1.46. The highest BCUT2D eigenvalue weighted by atomic mass is 16.5. The summed E-state index contributed by atoms with van der Waals surface area (Å²) < 4.78 is 10.8. The third-order valence-corrected chi connectivity index (χ3v) is 2.55. The van der Waals surface area contributed by atoms with E-state index in [1.165, 1.54) is 5.56 Å². The van der Waals surface area contributed by atoms with Gasteiger partial charge < -0.3 is 15.2 Å². The first kappa shape index (κ1) is 13.0. The van der Waals surface area contributed by atoms with Gasteiger partial charge >= 0.3 is 0 Å². The van der Waals surface area contributed by atoms with Crippen LogP contribution in [0.4, 0.5) is 0 Å². The fourth-order valence-corrected chi connectivity index (χ4v) is 1.46. The Hall–Kier alpha value is -1.06. The van der Waals surface area contributed by atoms with Crippen LogP contribution in [0.3, 0.4) is 0 Å². The Balaban J connectivity index is 2.55. The summed E-state index contributed by atoms with van der Waals surface area (Å²) in [7, 11) is 1.67. The maximum Gasteiger partial charge on any atom is 0.124 e. The van der Waals surface area contributed by atoms with E-state index in [1.54, 1.807) is 7.11 Å². The van der Waals surface area contributed by atoms with Crippen LogP contribution < -0.4 is 10.5 Å². The van der Waals surface area contributed by atoms with Crippen LogP contribution in [0.25, 0.3) is 0 Å². The number of benzene rings is 1. The minimum Gasteiger partial charge on any atom is -0.496 e. The van der Waals surface area contributed by atoms with Gasteiger partial charge in [0.25, 0.3) is 0 Å². The van der Waals surface area contributed by atoms with E-state index >= 15 is 0 Å². The third kappa shape index (κ3) is 3.83. The number of rotatable bonds is 6. The van der Waals surface area contributed by atoms with Crippen molar-refractivity contribution < 1.29 is 9.47 Å². The molecule has 1 rings (SSSR count). The summed E-state index contributed by atoms with van der Waals surface area (Å²) in [6, 6.07) is 6.19. The first-order valence-corrected chi connectivity index (χ1v) is 5.64. The molecule has 3 heteroatoms. The minimum absolute atomic E-state index is 0.121. The van der Waals surface area contributed by atoms with Crippen molar-refractivity contribution in [3.63, 3.8) is 0 Å². The lowest BCUT2D eigenvalue weighted by Gasteiger charge is -2.12. The van der Waals surface area contributed by atoms with E-state index in [0.717, 1.165) is 17.7 Å². The van der Waals surface area contributed by atoms with Crippen molar-refractivity contribution in [3.8, 4) is 5.75 Å². The number of ether oxygens (including phenoxy) is 2. The van der Waals surface area contributed by atoms with Gasteiger partial charge in [0.2, 0.25) is 0 Å². The molecule has 16 heavy (non-hydrogen) atoms. The largest absolute Gasteiger partial charge is 0.496 e. The predicted octanol–water partition coefficient (Wildman–Crippen LogP) is 2.26. The highest BCUT2D eigenvalue weighted by Crippen LogP contribution is 2.20. The lowest BCUT2D eigenvalue weighted by molar-refractivity contribution is 0.105. The Morgan fingerprint density at radius 2 is 2.12 bits per heavy atom. The van der Waals surface area contributed by atoms with Crippen LogP contribution in [-0.4, -0.2) is 19.8 Å². The molecule has 0 saturated heterocycles. The molecule has 1 aromatic carbocycles. The average Bonchev–Trinajstić information content (AvgIpc) is 2.29. The lowest BCUT2D eigenvalue weighted by Crippen LogP contribution is -2.24. The van der Waals surface area contributed by atoms with Gasteiger partial charge in [0.15, 0.2) is 0 Å². The van der Waals surface area contributed by atoms with Crippen molar-refractivity contribution in [1.29, 1.82) is 0 Å². The van der Waals surface area contributed by atoms with Crippen LogP contribution >= 0.6 is 0 Å². The van der Waals surface area contributed by atoms with Gasteiger partial charge in [-0.2, -0.15) is 0 Å². The molecule has 0 amide bonds. The van der Waals surface area contributed by atoms with E-state index in [9.17, 15) is 0 Å². The van der Waals surface area contributed by atoms with Crippen molar-refractivity contribution in [2.45, 2.75) is 32.9 Å². The standard InChI is InChI=1S/C13H21NO2/c1-4-12(14)9-16-8-11-7-10(2)5-6-13(11)15-3/h5-7,12H,4,8-9,14H2,1-3H3. The SMILES string of the molecule is CCC(N)COCc1cc(C)ccc1OC. The van der Waals surface area contributed by atoms with Crippen LogP contribution in [0, 0.1) is 6.92 Å². The van der Waals surface area contributed by atoms with Gasteiger partial charge in [-0.05, 0) is 19.4 Å². The Morgan fingerprint density at radius 3 is 2.75 bits per heavy atom. The van der Waals surface area contributed by atoms with Crippen molar-refractivity contribution in [3.05, 3.63) is 29.3 Å². The lowest BCUT2D eigenvalue weighted by atomic mass is 10.1. The number of methoxy groups -OCH3 is 1. The molecule has 90 valence electrons. The smallest absolute Gasteiger partial charge is 0.124 e. The summed E-state index contributed by atoms with van der Waals surface area (Å²) in [6.45, 7) is 5.26.